The number of aryl methyl sites for hydroxylation is 1. The molecule has 0 radical (unpaired) electrons. The van der Waals surface area contributed by atoms with Gasteiger partial charge in [-0.05, 0) is 93.0 Å². The van der Waals surface area contributed by atoms with Gasteiger partial charge in [0.15, 0.2) is 5.60 Å². The number of unbranched alkanes of at least 4 members (excludes halogenated alkanes) is 2. The molecule has 12 rings (SSSR count). The molecule has 13 N–H and O–H groups in total. The lowest BCUT2D eigenvalue weighted by Crippen LogP contribution is -2.73. The number of nitrogens with two attached hydrogens (primary N) is 1. The third-order valence-corrected chi connectivity index (χ3v) is 19.9. The first-order valence-corrected chi connectivity index (χ1v) is 33.3. The SMILES string of the molecule is CC[C@@]1(O)C(=O)OCc2c1cc1n(c2=O)Cc2c-1nc1cc(F)c(C)c3c1c2[C@@H](NC(=O)C12CC(OCNC(=O)CNC(=O)[C@H](Cc4ccccc4)NC(=O)CNC(=O)CNC(=O)C(CCC(=O)NC[C@H]4O[C@@H](CC(N)=O)[C@H](O)[C@@H]4O)NC(=O)CCCCCN4C(=O)C=CC4=O)(C1)C2)CC3. The number of pyridine rings is 2. The molecule has 4 fully saturated rings. The van der Waals surface area contributed by atoms with Gasteiger partial charge in [0, 0.05) is 67.1 Å². The van der Waals surface area contributed by atoms with Crippen molar-refractivity contribution in [3.05, 3.63) is 110 Å². The zero-order valence-corrected chi connectivity index (χ0v) is 55.0. The molecular weight excluding hydrogens is 1310 g/mol. The number of aliphatic hydroxyl groups is 3. The van der Waals surface area contributed by atoms with Crippen molar-refractivity contribution in [3.8, 4) is 11.4 Å². The van der Waals surface area contributed by atoms with E-state index < -0.39 is 155 Å². The Kier molecular flexibility index (Phi) is 21.1. The van der Waals surface area contributed by atoms with Gasteiger partial charge in [-0.25, -0.2) is 14.2 Å². The van der Waals surface area contributed by atoms with E-state index in [-0.39, 0.29) is 88.5 Å². The van der Waals surface area contributed by atoms with Crippen molar-refractivity contribution in [2.45, 2.75) is 171 Å². The summed E-state index contributed by atoms with van der Waals surface area (Å²) in [4.78, 5) is 175. The fourth-order valence-corrected chi connectivity index (χ4v) is 14.4. The molecule has 1 unspecified atom stereocenters. The maximum atomic E-state index is 15.6. The quantitative estimate of drug-likeness (QED) is 0.00983. The first-order valence-electron chi connectivity index (χ1n) is 33.3. The summed E-state index contributed by atoms with van der Waals surface area (Å²) in [6.45, 7) is 0.737. The van der Waals surface area contributed by atoms with E-state index >= 15 is 4.39 Å². The number of amides is 11. The van der Waals surface area contributed by atoms with Gasteiger partial charge in [-0.15, -0.1) is 0 Å². The molecule has 8 atom stereocenters. The predicted octanol–water partition coefficient (Wildman–Crippen LogP) is -2.05. The standard InChI is InChI=1S/C68H79FN12O19/c1-3-68(97)39-21-45-58-37(28-81(45)63(94)38(39)29-98-65(68)96)57-41(14-13-36-34(2)40(69)22-43(78-58)56(36)57)79-64(95)66-30-67(31-66,32-66)99-33-75-52(86)26-74-62(93)44(20-35-10-6-4-7-11-35)77-53(87)27-72-51(85)25-73-61(92)42(76-50(84)12-8-5-9-19-80-54(88)17-18-55(80)89)15-16-49(83)71-24-47-60(91)59(90)46(100-47)23-48(70)82/h4,6-7,10-11,17-18,21-22,41-42,44,46-47,59-60,90-91,97H,3,5,8-9,12-16,19-20,23-33H2,1-2H3,(H2,70,82)(H,71,83)(H,72,85)(H,73,92)(H,74,93)(H,75,86)(H,76,84)(H,77,87)(H,79,95)/t41-,42?,44-,46-,47+,59-,60+,66?,67?,68-/m0/s1. The van der Waals surface area contributed by atoms with Crippen LogP contribution >= 0.6 is 0 Å². The molecule has 100 heavy (non-hydrogen) atoms. The molecule has 6 heterocycles. The number of primary amides is 1. The molecule has 2 aromatic carbocycles. The van der Waals surface area contributed by atoms with Crippen LogP contribution in [0.2, 0.25) is 0 Å². The van der Waals surface area contributed by atoms with E-state index in [1.54, 1.807) is 50.2 Å². The molecule has 532 valence electrons. The number of cyclic esters (lactones) is 1. The summed E-state index contributed by atoms with van der Waals surface area (Å²) in [5.41, 5.74) is 5.78. The number of ether oxygens (including phenoxy) is 3. The molecular formula is C68H79FN12O19. The van der Waals surface area contributed by atoms with Crippen LogP contribution in [-0.4, -0.2) is 182 Å². The number of rotatable bonds is 31. The van der Waals surface area contributed by atoms with Gasteiger partial charge in [-0.1, -0.05) is 43.7 Å². The maximum Gasteiger partial charge on any atom is 0.343 e. The second kappa shape index (κ2) is 29.5. The number of fused-ring (bicyclic) bond motifs is 5. The molecule has 4 aromatic rings. The number of halogens is 1. The predicted molar refractivity (Wildman–Crippen MR) is 346 cm³/mol. The average molecular weight is 1390 g/mol. The normalized spacial score (nSPS) is 23.9. The zero-order chi connectivity index (χ0) is 71.5. The van der Waals surface area contributed by atoms with Gasteiger partial charge in [-0.2, -0.15) is 0 Å². The smallest absolute Gasteiger partial charge is 0.343 e. The lowest BCUT2D eigenvalue weighted by molar-refractivity contribution is -0.276. The number of aromatic nitrogens is 2. The number of benzene rings is 2. The van der Waals surface area contributed by atoms with Crippen LogP contribution in [-0.2, 0) is 103 Å². The molecule has 4 aliphatic carbocycles. The van der Waals surface area contributed by atoms with Crippen LogP contribution in [0.4, 0.5) is 4.39 Å². The largest absolute Gasteiger partial charge is 0.458 e. The zero-order valence-electron chi connectivity index (χ0n) is 55.0. The van der Waals surface area contributed by atoms with E-state index in [1.165, 1.54) is 10.6 Å². The minimum atomic E-state index is -2.06. The highest BCUT2D eigenvalue weighted by Gasteiger charge is 2.73. The summed E-state index contributed by atoms with van der Waals surface area (Å²) in [6, 6.07) is 8.37. The van der Waals surface area contributed by atoms with Crippen LogP contribution in [0, 0.1) is 18.2 Å². The highest BCUT2D eigenvalue weighted by Crippen LogP contribution is 2.69. The highest BCUT2D eigenvalue weighted by atomic mass is 19.1. The van der Waals surface area contributed by atoms with E-state index in [1.807, 2.05) is 0 Å². The van der Waals surface area contributed by atoms with Crippen LogP contribution in [0.15, 0.2) is 59.4 Å². The Bertz CT molecular complexity index is 4090. The Morgan fingerprint density at radius 1 is 0.780 bits per heavy atom. The lowest BCUT2D eigenvalue weighted by Gasteiger charge is -2.68. The van der Waals surface area contributed by atoms with Crippen LogP contribution in [0.25, 0.3) is 22.3 Å². The molecule has 2 aromatic heterocycles. The molecule has 31 nitrogen and oxygen atoms in total. The minimum Gasteiger partial charge on any atom is -0.458 e. The Labute approximate surface area is 570 Å². The summed E-state index contributed by atoms with van der Waals surface area (Å²) in [6.07, 6.45) is -0.978. The van der Waals surface area contributed by atoms with Crippen molar-refractivity contribution in [2.75, 3.05) is 39.5 Å². The topological polar surface area (TPSA) is 454 Å². The monoisotopic (exact) mass is 1390 g/mol. The van der Waals surface area contributed by atoms with Gasteiger partial charge in [-0.3, -0.25) is 62.4 Å². The third-order valence-electron chi connectivity index (χ3n) is 19.9. The van der Waals surface area contributed by atoms with Gasteiger partial charge in [0.25, 0.3) is 17.4 Å². The molecule has 3 saturated carbocycles. The number of imide groups is 1. The Morgan fingerprint density at radius 2 is 1.45 bits per heavy atom. The minimum absolute atomic E-state index is 0.0312. The first-order chi connectivity index (χ1) is 47.7. The lowest BCUT2D eigenvalue weighted by atomic mass is 9.40. The second-order valence-corrected chi connectivity index (χ2v) is 26.6. The third kappa shape index (κ3) is 14.9. The van der Waals surface area contributed by atoms with E-state index in [0.29, 0.717) is 90.3 Å². The van der Waals surface area contributed by atoms with E-state index in [0.717, 1.165) is 28.2 Å². The van der Waals surface area contributed by atoms with Crippen LogP contribution in [0.5, 0.6) is 0 Å². The van der Waals surface area contributed by atoms with Gasteiger partial charge in [0.2, 0.25) is 53.2 Å². The van der Waals surface area contributed by atoms with Crippen molar-refractivity contribution < 1.29 is 91.5 Å². The number of nitrogens with one attached hydrogen (secondary N) is 8. The number of nitrogens with zero attached hydrogens (tertiary/aromatic N) is 3. The number of carbonyl (C=O) groups excluding carboxylic acids is 12. The molecule has 2 bridgehead atoms. The number of carbonyl (C=O) groups is 12. The maximum absolute atomic E-state index is 15.6. The Balaban J connectivity index is 0.635. The highest BCUT2D eigenvalue weighted by molar-refractivity contribution is 6.13. The van der Waals surface area contributed by atoms with Crippen molar-refractivity contribution in [1.82, 2.24) is 57.0 Å². The first kappa shape index (κ1) is 71.4. The van der Waals surface area contributed by atoms with Gasteiger partial charge in [0.05, 0.1) is 78.2 Å². The molecule has 8 aliphatic rings. The van der Waals surface area contributed by atoms with Crippen LogP contribution in [0.3, 0.4) is 0 Å². The summed E-state index contributed by atoms with van der Waals surface area (Å²) >= 11 is 0. The van der Waals surface area contributed by atoms with Gasteiger partial charge >= 0.3 is 5.97 Å². The number of esters is 1. The fraction of sp³-hybridized carbons (Fsp3) is 0.500. The number of hydrogen-bond donors (Lipinski definition) is 12. The molecule has 4 aliphatic heterocycles. The van der Waals surface area contributed by atoms with Crippen molar-refractivity contribution in [3.63, 3.8) is 0 Å². The average Bonchev–Trinajstić information content (AvgIpc) is 0.772. The second-order valence-electron chi connectivity index (χ2n) is 26.6. The molecule has 32 heteroatoms. The number of aliphatic hydroxyl groups excluding tert-OH is 2. The Hall–Kier alpha value is -9.89. The molecule has 1 saturated heterocycles. The van der Waals surface area contributed by atoms with Crippen molar-refractivity contribution in [1.29, 1.82) is 0 Å². The molecule has 11 amide bonds. The van der Waals surface area contributed by atoms with Crippen molar-refractivity contribution >= 4 is 81.9 Å². The summed E-state index contributed by atoms with van der Waals surface area (Å²) in [5.74, 6) is -8.40. The summed E-state index contributed by atoms with van der Waals surface area (Å²) in [7, 11) is 0. The summed E-state index contributed by atoms with van der Waals surface area (Å²) in [5, 5.41) is 53.6. The Morgan fingerprint density at radius 3 is 2.15 bits per heavy atom. The van der Waals surface area contributed by atoms with E-state index in [4.69, 9.17) is 24.9 Å². The molecule has 0 spiro atoms. The number of hydrogen-bond acceptors (Lipinski definition) is 20. The van der Waals surface area contributed by atoms with Gasteiger partial charge in [0.1, 0.15) is 49.6 Å². The van der Waals surface area contributed by atoms with Gasteiger partial charge < -0.3 is 82.4 Å². The summed E-state index contributed by atoms with van der Waals surface area (Å²) < 4.78 is 33.9. The van der Waals surface area contributed by atoms with E-state index in [9.17, 15) is 77.6 Å². The fourth-order valence-electron chi connectivity index (χ4n) is 14.4. The van der Waals surface area contributed by atoms with E-state index in [2.05, 4.69) is 42.5 Å². The van der Waals surface area contributed by atoms with Crippen molar-refractivity contribution in [2.24, 2.45) is 11.1 Å². The van der Waals surface area contributed by atoms with Crippen LogP contribution < -0.4 is 53.8 Å². The van der Waals surface area contributed by atoms with Crippen LogP contribution in [0.1, 0.15) is 129 Å².